The third kappa shape index (κ3) is 3.63. The number of halogens is 1. The summed E-state index contributed by atoms with van der Waals surface area (Å²) in [5, 5.41) is 0. The zero-order valence-corrected chi connectivity index (χ0v) is 13.4. The highest BCUT2D eigenvalue weighted by Crippen LogP contribution is 2.30. The molecule has 0 atom stereocenters. The fraction of sp³-hybridized carbons (Fsp3) is 0.176. The highest BCUT2D eigenvalue weighted by molar-refractivity contribution is 5.90. The Morgan fingerprint density at radius 3 is 2.48 bits per heavy atom. The quantitative estimate of drug-likeness (QED) is 0.622. The van der Waals surface area contributed by atoms with E-state index in [2.05, 4.69) is 35.3 Å². The number of benzene rings is 2. The number of hydrogen-bond donors (Lipinski definition) is 2. The molecule has 1 aliphatic heterocycles. The number of carbonyl (C=O) groups is 1. The van der Waals surface area contributed by atoms with Gasteiger partial charge >= 0.3 is 6.03 Å². The van der Waals surface area contributed by atoms with Gasteiger partial charge in [-0.05, 0) is 28.7 Å². The first-order valence-electron chi connectivity index (χ1n) is 7.20. The maximum absolute atomic E-state index is 12.0. The number of urea groups is 1. The van der Waals surface area contributed by atoms with Gasteiger partial charge in [0.1, 0.15) is 0 Å². The fourth-order valence-corrected chi connectivity index (χ4v) is 2.81. The van der Waals surface area contributed by atoms with Crippen molar-refractivity contribution in [1.82, 2.24) is 4.90 Å². The van der Waals surface area contributed by atoms with Crippen molar-refractivity contribution in [3.63, 3.8) is 0 Å². The van der Waals surface area contributed by atoms with Gasteiger partial charge in [0.15, 0.2) is 5.96 Å². The number of amides is 2. The monoisotopic (exact) mass is 330 g/mol. The van der Waals surface area contributed by atoms with Crippen molar-refractivity contribution < 1.29 is 4.79 Å². The summed E-state index contributed by atoms with van der Waals surface area (Å²) in [5.41, 5.74) is 15.3. The van der Waals surface area contributed by atoms with E-state index in [4.69, 9.17) is 11.5 Å². The minimum atomic E-state index is -0.381. The molecule has 1 heterocycles. The summed E-state index contributed by atoms with van der Waals surface area (Å²) >= 11 is 0. The molecule has 120 valence electrons. The maximum atomic E-state index is 12.0. The van der Waals surface area contributed by atoms with Crippen molar-refractivity contribution in [2.75, 3.05) is 6.54 Å². The number of nitrogens with two attached hydrogens (primary N) is 2. The molecule has 23 heavy (non-hydrogen) atoms. The molecule has 5 nitrogen and oxygen atoms in total. The average molecular weight is 331 g/mol. The highest BCUT2D eigenvalue weighted by Gasteiger charge is 2.22. The predicted molar refractivity (Wildman–Crippen MR) is 94.4 cm³/mol. The summed E-state index contributed by atoms with van der Waals surface area (Å²) in [6.45, 7) is 1.15. The van der Waals surface area contributed by atoms with Crippen LogP contribution in [0.25, 0.3) is 11.1 Å². The van der Waals surface area contributed by atoms with E-state index in [0.29, 0.717) is 13.1 Å². The maximum Gasteiger partial charge on any atom is 0.347 e. The molecule has 0 aliphatic carbocycles. The molecule has 0 radical (unpaired) electrons. The lowest BCUT2D eigenvalue weighted by Gasteiger charge is -2.29. The van der Waals surface area contributed by atoms with Gasteiger partial charge in [-0.3, -0.25) is 0 Å². The van der Waals surface area contributed by atoms with E-state index in [1.165, 1.54) is 11.1 Å². The summed E-state index contributed by atoms with van der Waals surface area (Å²) in [7, 11) is 0. The van der Waals surface area contributed by atoms with Crippen LogP contribution in [0.15, 0.2) is 53.5 Å². The molecular formula is C17H19ClN4O. The molecule has 0 aromatic heterocycles. The smallest absolute Gasteiger partial charge is 0.347 e. The Labute approximate surface area is 141 Å². The molecule has 0 saturated carbocycles. The van der Waals surface area contributed by atoms with E-state index in [9.17, 15) is 4.79 Å². The van der Waals surface area contributed by atoms with Crippen LogP contribution in [0.2, 0.25) is 0 Å². The first-order valence-corrected chi connectivity index (χ1v) is 7.20. The van der Waals surface area contributed by atoms with Crippen molar-refractivity contribution >= 4 is 24.4 Å². The summed E-state index contributed by atoms with van der Waals surface area (Å²) in [4.78, 5) is 17.4. The molecular weight excluding hydrogens is 312 g/mol. The Hall–Kier alpha value is -2.53. The van der Waals surface area contributed by atoms with Crippen molar-refractivity contribution in [2.45, 2.75) is 13.0 Å². The van der Waals surface area contributed by atoms with Gasteiger partial charge < -0.3 is 16.4 Å². The minimum Gasteiger partial charge on any atom is -0.370 e. The summed E-state index contributed by atoms with van der Waals surface area (Å²) in [6, 6.07) is 16.1. The van der Waals surface area contributed by atoms with Gasteiger partial charge in [-0.25, -0.2) is 4.79 Å². The van der Waals surface area contributed by atoms with Gasteiger partial charge in [-0.2, -0.15) is 4.99 Å². The SMILES string of the molecule is Cl.NC(N)=NC(=O)N1CCc2cccc(-c3ccccc3)c2C1. The van der Waals surface area contributed by atoms with Crippen molar-refractivity contribution in [3.05, 3.63) is 59.7 Å². The number of aliphatic imine (C=N–C) groups is 1. The normalized spacial score (nSPS) is 12.8. The van der Waals surface area contributed by atoms with Crippen LogP contribution in [0.3, 0.4) is 0 Å². The van der Waals surface area contributed by atoms with Crippen LogP contribution in [-0.4, -0.2) is 23.4 Å². The molecule has 4 N–H and O–H groups in total. The third-order valence-corrected chi connectivity index (χ3v) is 3.85. The first kappa shape index (κ1) is 16.8. The van der Waals surface area contributed by atoms with Crippen LogP contribution in [0.4, 0.5) is 4.79 Å². The summed E-state index contributed by atoms with van der Waals surface area (Å²) in [5.74, 6) is -0.202. The van der Waals surface area contributed by atoms with Crippen LogP contribution in [0.1, 0.15) is 11.1 Å². The third-order valence-electron chi connectivity index (χ3n) is 3.85. The van der Waals surface area contributed by atoms with Crippen molar-refractivity contribution in [3.8, 4) is 11.1 Å². The number of rotatable bonds is 1. The van der Waals surface area contributed by atoms with Crippen molar-refractivity contribution in [2.24, 2.45) is 16.5 Å². The number of fused-ring (bicyclic) bond motifs is 1. The molecule has 6 heteroatoms. The lowest BCUT2D eigenvalue weighted by Crippen LogP contribution is -2.36. The number of hydrogen-bond acceptors (Lipinski definition) is 1. The summed E-state index contributed by atoms with van der Waals surface area (Å²) in [6.07, 6.45) is 0.807. The number of guanidine groups is 1. The van der Waals surface area contributed by atoms with Crippen LogP contribution in [0, 0.1) is 0 Å². The van der Waals surface area contributed by atoms with E-state index in [1.54, 1.807) is 4.90 Å². The van der Waals surface area contributed by atoms with Gasteiger partial charge in [0.25, 0.3) is 0 Å². The van der Waals surface area contributed by atoms with Crippen LogP contribution < -0.4 is 11.5 Å². The van der Waals surface area contributed by atoms with Crippen LogP contribution >= 0.6 is 12.4 Å². The second-order valence-corrected chi connectivity index (χ2v) is 5.30. The van der Waals surface area contributed by atoms with Gasteiger partial charge in [0, 0.05) is 13.1 Å². The Morgan fingerprint density at radius 2 is 1.78 bits per heavy atom. The fourth-order valence-electron chi connectivity index (χ4n) is 2.81. The zero-order valence-electron chi connectivity index (χ0n) is 12.6. The lowest BCUT2D eigenvalue weighted by molar-refractivity contribution is 0.203. The second kappa shape index (κ2) is 7.15. The number of carbonyl (C=O) groups excluding carboxylic acids is 1. The predicted octanol–water partition coefficient (Wildman–Crippen LogP) is 2.53. The first-order chi connectivity index (χ1) is 10.6. The topological polar surface area (TPSA) is 84.7 Å². The van der Waals surface area contributed by atoms with Gasteiger partial charge in [-0.15, -0.1) is 12.4 Å². The molecule has 0 bridgehead atoms. The average Bonchev–Trinajstić information content (AvgIpc) is 2.54. The van der Waals surface area contributed by atoms with E-state index >= 15 is 0 Å². The second-order valence-electron chi connectivity index (χ2n) is 5.30. The van der Waals surface area contributed by atoms with E-state index in [1.807, 2.05) is 18.2 Å². The highest BCUT2D eigenvalue weighted by atomic mass is 35.5. The Bertz CT molecular complexity index is 727. The van der Waals surface area contributed by atoms with Gasteiger partial charge in [0.2, 0.25) is 0 Å². The molecule has 3 rings (SSSR count). The molecule has 2 aromatic rings. The van der Waals surface area contributed by atoms with E-state index in [0.717, 1.165) is 17.5 Å². The van der Waals surface area contributed by atoms with Gasteiger partial charge in [-0.1, -0.05) is 48.5 Å². The standard InChI is InChI=1S/C17H18N4O.ClH/c18-16(19)20-17(22)21-10-9-13-7-4-8-14(15(13)11-21)12-5-2-1-3-6-12;/h1-8H,9-11H2,(H4,18,19,20,22);1H. The van der Waals surface area contributed by atoms with E-state index < -0.39 is 0 Å². The van der Waals surface area contributed by atoms with Crippen LogP contribution in [0.5, 0.6) is 0 Å². The Morgan fingerprint density at radius 1 is 1.04 bits per heavy atom. The lowest BCUT2D eigenvalue weighted by atomic mass is 9.91. The molecule has 0 fully saturated rings. The Kier molecular flexibility index (Phi) is 5.24. The van der Waals surface area contributed by atoms with Crippen molar-refractivity contribution in [1.29, 1.82) is 0 Å². The minimum absolute atomic E-state index is 0. The molecule has 0 spiro atoms. The molecule has 0 unspecified atom stereocenters. The van der Waals surface area contributed by atoms with E-state index in [-0.39, 0.29) is 24.4 Å². The molecule has 2 amide bonds. The molecule has 2 aromatic carbocycles. The zero-order chi connectivity index (χ0) is 15.5. The molecule has 0 saturated heterocycles. The molecule has 1 aliphatic rings. The van der Waals surface area contributed by atoms with Crippen LogP contribution in [-0.2, 0) is 13.0 Å². The summed E-state index contributed by atoms with van der Waals surface area (Å²) < 4.78 is 0. The van der Waals surface area contributed by atoms with Gasteiger partial charge in [0.05, 0.1) is 0 Å². The largest absolute Gasteiger partial charge is 0.370 e. The number of nitrogens with zero attached hydrogens (tertiary/aromatic N) is 2. The Balaban J connectivity index is 0.00000192.